The number of H-pyrrole nitrogens is 1. The minimum absolute atomic E-state index is 0.313. The number of nitrogens with one attached hydrogen (secondary N) is 1. The summed E-state index contributed by atoms with van der Waals surface area (Å²) in [6.45, 7) is 3.96. The zero-order chi connectivity index (χ0) is 14.3. The van der Waals surface area contributed by atoms with Crippen molar-refractivity contribution in [3.05, 3.63) is 58.9 Å². The SMILES string of the molecule is Cc1ccc(C)c2c(C=O)c(-c3cccc(F)c3)[nH]c12. The monoisotopic (exact) mass is 267 g/mol. The minimum atomic E-state index is -0.313. The molecule has 1 N–H and O–H groups in total. The van der Waals surface area contributed by atoms with Gasteiger partial charge in [-0.3, -0.25) is 4.79 Å². The van der Waals surface area contributed by atoms with Gasteiger partial charge in [-0.25, -0.2) is 4.39 Å². The quantitative estimate of drug-likeness (QED) is 0.686. The van der Waals surface area contributed by atoms with E-state index in [1.807, 2.05) is 26.0 Å². The van der Waals surface area contributed by atoms with E-state index in [1.165, 1.54) is 12.1 Å². The molecule has 3 rings (SSSR count). The van der Waals surface area contributed by atoms with Crippen LogP contribution in [0.5, 0.6) is 0 Å². The van der Waals surface area contributed by atoms with Crippen molar-refractivity contribution in [3.63, 3.8) is 0 Å². The maximum absolute atomic E-state index is 13.4. The van der Waals surface area contributed by atoms with Gasteiger partial charge >= 0.3 is 0 Å². The van der Waals surface area contributed by atoms with Crippen LogP contribution in [0.15, 0.2) is 36.4 Å². The lowest BCUT2D eigenvalue weighted by Gasteiger charge is -2.00. The molecule has 0 aliphatic heterocycles. The van der Waals surface area contributed by atoms with Crippen LogP contribution in [0.4, 0.5) is 4.39 Å². The molecule has 0 spiro atoms. The van der Waals surface area contributed by atoms with Gasteiger partial charge in [-0.05, 0) is 37.1 Å². The van der Waals surface area contributed by atoms with Crippen molar-refractivity contribution in [2.75, 3.05) is 0 Å². The van der Waals surface area contributed by atoms with Crippen LogP contribution in [-0.4, -0.2) is 11.3 Å². The number of rotatable bonds is 2. The molecule has 0 bridgehead atoms. The van der Waals surface area contributed by atoms with E-state index in [0.717, 1.165) is 28.3 Å². The van der Waals surface area contributed by atoms with Crippen molar-refractivity contribution in [1.29, 1.82) is 0 Å². The number of aromatic nitrogens is 1. The Morgan fingerprint density at radius 3 is 2.55 bits per heavy atom. The number of hydrogen-bond acceptors (Lipinski definition) is 1. The van der Waals surface area contributed by atoms with Gasteiger partial charge < -0.3 is 4.98 Å². The molecule has 0 radical (unpaired) electrons. The van der Waals surface area contributed by atoms with Crippen molar-refractivity contribution < 1.29 is 9.18 Å². The third kappa shape index (κ3) is 1.83. The standard InChI is InChI=1S/C17H14FNO/c1-10-6-7-11(2)16-15(10)14(9-20)17(19-16)12-4-3-5-13(18)8-12/h3-9,19H,1-2H3. The van der Waals surface area contributed by atoms with E-state index in [-0.39, 0.29) is 5.82 Å². The molecule has 0 aliphatic rings. The molecule has 0 atom stereocenters. The van der Waals surface area contributed by atoms with E-state index < -0.39 is 0 Å². The van der Waals surface area contributed by atoms with E-state index in [1.54, 1.807) is 12.1 Å². The number of aldehydes is 1. The molecule has 1 aromatic heterocycles. The van der Waals surface area contributed by atoms with Crippen molar-refractivity contribution in [2.24, 2.45) is 0 Å². The average molecular weight is 267 g/mol. The predicted molar refractivity (Wildman–Crippen MR) is 78.6 cm³/mol. The predicted octanol–water partition coefficient (Wildman–Crippen LogP) is 4.40. The van der Waals surface area contributed by atoms with Gasteiger partial charge in [-0.1, -0.05) is 24.3 Å². The van der Waals surface area contributed by atoms with Gasteiger partial charge in [0.1, 0.15) is 5.82 Å². The molecule has 2 nitrogen and oxygen atoms in total. The molecule has 2 aromatic carbocycles. The second-order valence-electron chi connectivity index (χ2n) is 4.99. The Morgan fingerprint density at radius 2 is 1.85 bits per heavy atom. The fourth-order valence-corrected chi connectivity index (χ4v) is 2.63. The lowest BCUT2D eigenvalue weighted by Crippen LogP contribution is -1.86. The highest BCUT2D eigenvalue weighted by Gasteiger charge is 2.15. The van der Waals surface area contributed by atoms with Crippen LogP contribution >= 0.6 is 0 Å². The number of carbonyl (C=O) groups excluding carboxylic acids is 1. The first-order valence-electron chi connectivity index (χ1n) is 6.45. The second kappa shape index (κ2) is 4.60. The van der Waals surface area contributed by atoms with Crippen LogP contribution in [0, 0.1) is 19.7 Å². The summed E-state index contributed by atoms with van der Waals surface area (Å²) in [4.78, 5) is 14.8. The molecule has 0 fully saturated rings. The molecular formula is C17H14FNO. The van der Waals surface area contributed by atoms with E-state index >= 15 is 0 Å². The van der Waals surface area contributed by atoms with Crippen LogP contribution in [0.25, 0.3) is 22.2 Å². The molecule has 1 heterocycles. The van der Waals surface area contributed by atoms with E-state index in [0.29, 0.717) is 16.8 Å². The number of hydrogen-bond donors (Lipinski definition) is 1. The molecule has 20 heavy (non-hydrogen) atoms. The normalized spacial score (nSPS) is 10.9. The molecule has 0 saturated heterocycles. The zero-order valence-corrected chi connectivity index (χ0v) is 11.3. The molecule has 0 saturated carbocycles. The fraction of sp³-hybridized carbons (Fsp3) is 0.118. The molecule has 100 valence electrons. The first kappa shape index (κ1) is 12.6. The minimum Gasteiger partial charge on any atom is -0.354 e. The van der Waals surface area contributed by atoms with Gasteiger partial charge in [0.05, 0.1) is 5.69 Å². The topological polar surface area (TPSA) is 32.9 Å². The third-order valence-corrected chi connectivity index (χ3v) is 3.64. The number of aromatic amines is 1. The molecule has 0 aliphatic carbocycles. The first-order chi connectivity index (χ1) is 9.61. The van der Waals surface area contributed by atoms with Gasteiger partial charge in [0.25, 0.3) is 0 Å². The number of benzene rings is 2. The van der Waals surface area contributed by atoms with Crippen LogP contribution < -0.4 is 0 Å². The van der Waals surface area contributed by atoms with Crippen LogP contribution in [0.1, 0.15) is 21.5 Å². The van der Waals surface area contributed by atoms with E-state index in [4.69, 9.17) is 0 Å². The summed E-state index contributed by atoms with van der Waals surface area (Å²) in [5.41, 5.74) is 4.98. The van der Waals surface area contributed by atoms with Crippen LogP contribution in [-0.2, 0) is 0 Å². The summed E-state index contributed by atoms with van der Waals surface area (Å²) in [5.74, 6) is -0.313. The zero-order valence-electron chi connectivity index (χ0n) is 11.3. The Kier molecular flexibility index (Phi) is 2.90. The van der Waals surface area contributed by atoms with Crippen LogP contribution in [0.3, 0.4) is 0 Å². The second-order valence-corrected chi connectivity index (χ2v) is 4.99. The lowest BCUT2D eigenvalue weighted by molar-refractivity contribution is 0.112. The Balaban J connectivity index is 2.40. The lowest BCUT2D eigenvalue weighted by atomic mass is 10.0. The average Bonchev–Trinajstić information content (AvgIpc) is 2.83. The van der Waals surface area contributed by atoms with E-state index in [9.17, 15) is 9.18 Å². The molecular weight excluding hydrogens is 253 g/mol. The third-order valence-electron chi connectivity index (χ3n) is 3.64. The summed E-state index contributed by atoms with van der Waals surface area (Å²) in [6.07, 6.45) is 0.839. The van der Waals surface area contributed by atoms with Crippen molar-refractivity contribution in [3.8, 4) is 11.3 Å². The molecule has 3 aromatic rings. The summed E-state index contributed by atoms with van der Waals surface area (Å²) in [6, 6.07) is 10.3. The summed E-state index contributed by atoms with van der Waals surface area (Å²) in [7, 11) is 0. The maximum atomic E-state index is 13.4. The smallest absolute Gasteiger partial charge is 0.152 e. The fourth-order valence-electron chi connectivity index (χ4n) is 2.63. The Bertz CT molecular complexity index is 817. The highest BCUT2D eigenvalue weighted by molar-refractivity contribution is 6.06. The Morgan fingerprint density at radius 1 is 1.10 bits per heavy atom. The molecule has 0 unspecified atom stereocenters. The number of fused-ring (bicyclic) bond motifs is 1. The Hall–Kier alpha value is -2.42. The van der Waals surface area contributed by atoms with Gasteiger partial charge in [0.2, 0.25) is 0 Å². The van der Waals surface area contributed by atoms with Gasteiger partial charge in [-0.15, -0.1) is 0 Å². The maximum Gasteiger partial charge on any atom is 0.152 e. The first-order valence-corrected chi connectivity index (χ1v) is 6.45. The summed E-state index contributed by atoms with van der Waals surface area (Å²) in [5, 5.41) is 0.916. The molecule has 3 heteroatoms. The highest BCUT2D eigenvalue weighted by atomic mass is 19.1. The largest absolute Gasteiger partial charge is 0.354 e. The summed E-state index contributed by atoms with van der Waals surface area (Å²) < 4.78 is 13.4. The van der Waals surface area contributed by atoms with Crippen molar-refractivity contribution >= 4 is 17.2 Å². The highest BCUT2D eigenvalue weighted by Crippen LogP contribution is 2.32. The van der Waals surface area contributed by atoms with Gasteiger partial charge in [0.15, 0.2) is 6.29 Å². The van der Waals surface area contributed by atoms with Crippen molar-refractivity contribution in [2.45, 2.75) is 13.8 Å². The Labute approximate surface area is 116 Å². The number of aryl methyl sites for hydroxylation is 2. The van der Waals surface area contributed by atoms with Gasteiger partial charge in [-0.2, -0.15) is 0 Å². The van der Waals surface area contributed by atoms with Crippen molar-refractivity contribution in [1.82, 2.24) is 4.98 Å². The number of halogens is 1. The molecule has 0 amide bonds. The van der Waals surface area contributed by atoms with Gasteiger partial charge in [0, 0.05) is 22.0 Å². The van der Waals surface area contributed by atoms with E-state index in [2.05, 4.69) is 4.98 Å². The number of carbonyl (C=O) groups is 1. The summed E-state index contributed by atoms with van der Waals surface area (Å²) >= 11 is 0. The van der Waals surface area contributed by atoms with Crippen LogP contribution in [0.2, 0.25) is 0 Å².